The molecule has 0 spiro atoms. The number of methoxy groups -OCH3 is 1. The summed E-state index contributed by atoms with van der Waals surface area (Å²) < 4.78 is 17.3. The fourth-order valence-corrected chi connectivity index (χ4v) is 2.84. The number of nitrogens with two attached hydrogens (primary N) is 1. The Hall–Kier alpha value is -1.56. The zero-order valence-electron chi connectivity index (χ0n) is 11.5. The maximum Gasteiger partial charge on any atom is 0.235 e. The predicted molar refractivity (Wildman–Crippen MR) is 76.6 cm³/mol. The molecule has 0 aliphatic rings. The molecule has 5 nitrogen and oxygen atoms in total. The first-order valence-corrected chi connectivity index (χ1v) is 7.45. The van der Waals surface area contributed by atoms with Gasteiger partial charge < -0.3 is 15.4 Å². The minimum atomic E-state index is -1.46. The molecule has 106 valence electrons. The van der Waals surface area contributed by atoms with E-state index in [2.05, 4.69) is 0 Å². The number of ether oxygens (including phenoxy) is 1. The Kier molecular flexibility index (Phi) is 5.82. The van der Waals surface area contributed by atoms with E-state index in [4.69, 9.17) is 10.5 Å². The highest BCUT2D eigenvalue weighted by Crippen LogP contribution is 2.23. The summed E-state index contributed by atoms with van der Waals surface area (Å²) in [7, 11) is 0.0701. The van der Waals surface area contributed by atoms with Gasteiger partial charge in [0.1, 0.15) is 11.5 Å². The first-order chi connectivity index (χ1) is 9.03. The molecule has 1 unspecified atom stereocenters. The Morgan fingerprint density at radius 3 is 2.53 bits per heavy atom. The fourth-order valence-electron chi connectivity index (χ4n) is 1.70. The minimum absolute atomic E-state index is 0.0565. The van der Waals surface area contributed by atoms with Gasteiger partial charge >= 0.3 is 0 Å². The van der Waals surface area contributed by atoms with Gasteiger partial charge in [0.05, 0.1) is 22.8 Å². The van der Waals surface area contributed by atoms with Gasteiger partial charge in [-0.3, -0.25) is 9.00 Å². The van der Waals surface area contributed by atoms with Gasteiger partial charge in [-0.25, -0.2) is 0 Å². The quantitative estimate of drug-likeness (QED) is 0.798. The number of rotatable bonds is 6. The maximum absolute atomic E-state index is 12.2. The molecule has 0 saturated carbocycles. The molecular weight excluding hydrogens is 264 g/mol. The van der Waals surface area contributed by atoms with Crippen LogP contribution < -0.4 is 10.5 Å². The lowest BCUT2D eigenvalue weighted by Crippen LogP contribution is -2.34. The van der Waals surface area contributed by atoms with E-state index in [1.54, 1.807) is 23.1 Å². The number of hydrogen-bond donors (Lipinski definition) is 1. The third-order valence-corrected chi connectivity index (χ3v) is 4.19. The Morgan fingerprint density at radius 1 is 1.37 bits per heavy atom. The smallest absolute Gasteiger partial charge is 0.235 e. The Bertz CT molecular complexity index is 473. The molecule has 0 aliphatic carbocycles. The molecule has 0 radical (unpaired) electrons. The van der Waals surface area contributed by atoms with Crippen LogP contribution in [0.5, 0.6) is 5.75 Å². The summed E-state index contributed by atoms with van der Waals surface area (Å²) in [5.41, 5.74) is 6.20. The molecule has 0 aromatic heterocycles. The molecular formula is C13H20N2O3S. The van der Waals surface area contributed by atoms with E-state index in [1.165, 1.54) is 7.11 Å². The fraction of sp³-hybridized carbons (Fsp3) is 0.462. The van der Waals surface area contributed by atoms with E-state index in [-0.39, 0.29) is 11.7 Å². The van der Waals surface area contributed by atoms with E-state index in [0.29, 0.717) is 29.4 Å². The molecule has 19 heavy (non-hydrogen) atoms. The van der Waals surface area contributed by atoms with Crippen molar-refractivity contribution in [3.63, 3.8) is 0 Å². The van der Waals surface area contributed by atoms with Crippen molar-refractivity contribution in [2.45, 2.75) is 18.7 Å². The molecule has 0 bridgehead atoms. The van der Waals surface area contributed by atoms with Gasteiger partial charge in [-0.2, -0.15) is 0 Å². The first-order valence-electron chi connectivity index (χ1n) is 6.13. The summed E-state index contributed by atoms with van der Waals surface area (Å²) in [5.74, 6) is 0.386. The van der Waals surface area contributed by atoms with Gasteiger partial charge in [0.2, 0.25) is 5.91 Å². The van der Waals surface area contributed by atoms with Crippen LogP contribution in [0.2, 0.25) is 0 Å². The standard InChI is InChI=1S/C13H20N2O3S/c1-4-15(5-2)13(16)9-19(17)12-8-10(18-3)6-7-11(12)14/h6-8H,4-5,9,14H2,1-3H3. The number of amides is 1. The largest absolute Gasteiger partial charge is 0.497 e. The zero-order chi connectivity index (χ0) is 14.4. The van der Waals surface area contributed by atoms with E-state index >= 15 is 0 Å². The van der Waals surface area contributed by atoms with Crippen LogP contribution >= 0.6 is 0 Å². The molecule has 6 heteroatoms. The molecule has 1 rings (SSSR count). The summed E-state index contributed by atoms with van der Waals surface area (Å²) in [5, 5.41) is 0. The molecule has 1 aromatic rings. The Labute approximate surface area is 116 Å². The number of benzene rings is 1. The van der Waals surface area contributed by atoms with Crippen molar-refractivity contribution in [2.24, 2.45) is 0 Å². The lowest BCUT2D eigenvalue weighted by atomic mass is 10.3. The second kappa shape index (κ2) is 7.13. The number of anilines is 1. The average molecular weight is 284 g/mol. The second-order valence-electron chi connectivity index (χ2n) is 3.96. The van der Waals surface area contributed by atoms with Crippen molar-refractivity contribution in [1.29, 1.82) is 0 Å². The van der Waals surface area contributed by atoms with Crippen LogP contribution in [0.3, 0.4) is 0 Å². The average Bonchev–Trinajstić information content (AvgIpc) is 2.40. The van der Waals surface area contributed by atoms with Crippen LogP contribution in [0.15, 0.2) is 23.1 Å². The summed E-state index contributed by atoms with van der Waals surface area (Å²) in [6.45, 7) is 5.01. The summed E-state index contributed by atoms with van der Waals surface area (Å²) >= 11 is 0. The van der Waals surface area contributed by atoms with Gasteiger partial charge in [-0.05, 0) is 32.0 Å². The van der Waals surface area contributed by atoms with Crippen LogP contribution in [0.4, 0.5) is 5.69 Å². The SMILES string of the molecule is CCN(CC)C(=O)CS(=O)c1cc(OC)ccc1N. The number of nitrogens with zero attached hydrogens (tertiary/aromatic N) is 1. The van der Waals surface area contributed by atoms with Crippen LogP contribution in [0, 0.1) is 0 Å². The number of carbonyl (C=O) groups excluding carboxylic acids is 1. The molecule has 2 N–H and O–H groups in total. The molecule has 0 heterocycles. The van der Waals surface area contributed by atoms with Gasteiger partial charge in [0, 0.05) is 18.8 Å². The summed E-state index contributed by atoms with van der Waals surface area (Å²) in [4.78, 5) is 14.0. The Balaban J connectivity index is 2.86. The van der Waals surface area contributed by atoms with Gasteiger partial charge in [0.25, 0.3) is 0 Å². The highest BCUT2D eigenvalue weighted by Gasteiger charge is 2.17. The van der Waals surface area contributed by atoms with Crippen molar-refractivity contribution >= 4 is 22.4 Å². The van der Waals surface area contributed by atoms with E-state index in [9.17, 15) is 9.00 Å². The third kappa shape index (κ3) is 3.96. The minimum Gasteiger partial charge on any atom is -0.497 e. The molecule has 1 aromatic carbocycles. The number of carbonyl (C=O) groups is 1. The van der Waals surface area contributed by atoms with Crippen molar-refractivity contribution in [1.82, 2.24) is 4.90 Å². The highest BCUT2D eigenvalue weighted by molar-refractivity contribution is 7.86. The molecule has 0 aliphatic heterocycles. The van der Waals surface area contributed by atoms with E-state index in [1.807, 2.05) is 13.8 Å². The Morgan fingerprint density at radius 2 is 2.00 bits per heavy atom. The molecule has 0 saturated heterocycles. The van der Waals surface area contributed by atoms with Crippen LogP contribution in [-0.2, 0) is 15.6 Å². The lowest BCUT2D eigenvalue weighted by Gasteiger charge is -2.18. The third-order valence-electron chi connectivity index (χ3n) is 2.84. The zero-order valence-corrected chi connectivity index (χ0v) is 12.3. The maximum atomic E-state index is 12.2. The highest BCUT2D eigenvalue weighted by atomic mass is 32.2. The number of nitrogen functional groups attached to an aromatic ring is 1. The predicted octanol–water partition coefficient (Wildman–Crippen LogP) is 1.25. The number of hydrogen-bond acceptors (Lipinski definition) is 4. The first kappa shape index (κ1) is 15.5. The second-order valence-corrected chi connectivity index (χ2v) is 5.38. The van der Waals surface area contributed by atoms with Gasteiger partial charge in [-0.15, -0.1) is 0 Å². The topological polar surface area (TPSA) is 72.6 Å². The normalized spacial score (nSPS) is 11.9. The van der Waals surface area contributed by atoms with Crippen molar-refractivity contribution < 1.29 is 13.7 Å². The lowest BCUT2D eigenvalue weighted by molar-refractivity contribution is -0.128. The van der Waals surface area contributed by atoms with Gasteiger partial charge in [0.15, 0.2) is 0 Å². The van der Waals surface area contributed by atoms with E-state index in [0.717, 1.165) is 0 Å². The monoisotopic (exact) mass is 284 g/mol. The molecule has 1 atom stereocenters. The van der Waals surface area contributed by atoms with Crippen LogP contribution in [-0.4, -0.2) is 41.0 Å². The summed E-state index contributed by atoms with van der Waals surface area (Å²) in [6.07, 6.45) is 0. The molecule has 1 amide bonds. The van der Waals surface area contributed by atoms with Gasteiger partial charge in [-0.1, -0.05) is 0 Å². The summed E-state index contributed by atoms with van der Waals surface area (Å²) in [6, 6.07) is 4.94. The van der Waals surface area contributed by atoms with E-state index < -0.39 is 10.8 Å². The van der Waals surface area contributed by atoms with Crippen LogP contribution in [0.1, 0.15) is 13.8 Å². The van der Waals surface area contributed by atoms with Crippen molar-refractivity contribution in [3.8, 4) is 5.75 Å². The molecule has 0 fully saturated rings. The van der Waals surface area contributed by atoms with Crippen molar-refractivity contribution in [2.75, 3.05) is 31.7 Å². The van der Waals surface area contributed by atoms with Crippen LogP contribution in [0.25, 0.3) is 0 Å². The van der Waals surface area contributed by atoms with Crippen molar-refractivity contribution in [3.05, 3.63) is 18.2 Å².